The summed E-state index contributed by atoms with van der Waals surface area (Å²) in [5, 5.41) is 14.5. The highest BCUT2D eigenvalue weighted by Gasteiger charge is 2.11. The number of carbonyl (C=O) groups is 2. The second kappa shape index (κ2) is 9.20. The van der Waals surface area contributed by atoms with Crippen molar-refractivity contribution in [3.05, 3.63) is 105 Å². The van der Waals surface area contributed by atoms with Crippen molar-refractivity contribution < 1.29 is 23.6 Å². The van der Waals surface area contributed by atoms with E-state index in [1.54, 1.807) is 18.2 Å². The van der Waals surface area contributed by atoms with Crippen molar-refractivity contribution in [1.29, 1.82) is 0 Å². The van der Waals surface area contributed by atoms with Gasteiger partial charge in [-0.2, -0.15) is 5.10 Å². The predicted octanol–water partition coefficient (Wildman–Crippen LogP) is 3.72. The zero-order valence-electron chi connectivity index (χ0n) is 15.3. The van der Waals surface area contributed by atoms with Crippen molar-refractivity contribution in [2.75, 3.05) is 0 Å². The molecular weight excluding hydrogens is 393 g/mol. The Kier molecular flexibility index (Phi) is 6.23. The molecule has 0 fully saturated rings. The van der Waals surface area contributed by atoms with Crippen LogP contribution < -0.4 is 10.2 Å². The Morgan fingerprint density at radius 2 is 1.67 bits per heavy atom. The molecule has 3 aromatic carbocycles. The molecule has 3 aromatic rings. The Hall–Kier alpha value is -4.40. The topological polar surface area (TPSA) is 111 Å². The van der Waals surface area contributed by atoms with Crippen molar-refractivity contribution in [2.24, 2.45) is 5.10 Å². The maximum atomic E-state index is 12.9. The predicted molar refractivity (Wildman–Crippen MR) is 106 cm³/mol. The van der Waals surface area contributed by atoms with Crippen molar-refractivity contribution in [3.8, 4) is 5.75 Å². The molecule has 30 heavy (non-hydrogen) atoms. The summed E-state index contributed by atoms with van der Waals surface area (Å²) in [5.41, 5.74) is 3.13. The molecule has 0 heterocycles. The van der Waals surface area contributed by atoms with Crippen LogP contribution in [-0.4, -0.2) is 23.0 Å². The van der Waals surface area contributed by atoms with Crippen LogP contribution in [0.15, 0.2) is 77.9 Å². The summed E-state index contributed by atoms with van der Waals surface area (Å²) in [6.07, 6.45) is 1.35. The van der Waals surface area contributed by atoms with Gasteiger partial charge in [-0.15, -0.1) is 0 Å². The third-order valence-electron chi connectivity index (χ3n) is 3.87. The fourth-order valence-corrected chi connectivity index (χ4v) is 2.37. The molecule has 0 saturated heterocycles. The number of halogens is 1. The summed E-state index contributed by atoms with van der Waals surface area (Å²) in [7, 11) is 0. The zero-order chi connectivity index (χ0) is 21.5. The minimum Gasteiger partial charge on any atom is -0.423 e. The highest BCUT2D eigenvalue weighted by molar-refractivity contribution is 5.95. The van der Waals surface area contributed by atoms with Gasteiger partial charge in [0.25, 0.3) is 11.6 Å². The molecule has 0 aliphatic carbocycles. The van der Waals surface area contributed by atoms with Gasteiger partial charge in [0.05, 0.1) is 16.7 Å². The third-order valence-corrected chi connectivity index (χ3v) is 3.87. The first-order valence-electron chi connectivity index (χ1n) is 8.58. The minimum atomic E-state index is -0.677. The van der Waals surface area contributed by atoms with Gasteiger partial charge in [0.15, 0.2) is 0 Å². The molecule has 0 bridgehead atoms. The van der Waals surface area contributed by atoms with Crippen molar-refractivity contribution in [1.82, 2.24) is 5.43 Å². The van der Waals surface area contributed by atoms with Crippen LogP contribution >= 0.6 is 0 Å². The van der Waals surface area contributed by atoms with Gasteiger partial charge in [-0.25, -0.2) is 14.6 Å². The average molecular weight is 407 g/mol. The lowest BCUT2D eigenvalue weighted by Crippen LogP contribution is -2.17. The van der Waals surface area contributed by atoms with Gasteiger partial charge >= 0.3 is 5.97 Å². The van der Waals surface area contributed by atoms with Crippen LogP contribution in [0.3, 0.4) is 0 Å². The summed E-state index contributed by atoms with van der Waals surface area (Å²) < 4.78 is 18.1. The summed E-state index contributed by atoms with van der Waals surface area (Å²) >= 11 is 0. The van der Waals surface area contributed by atoms with Gasteiger partial charge in [-0.05, 0) is 54.1 Å². The van der Waals surface area contributed by atoms with Crippen LogP contribution in [-0.2, 0) is 0 Å². The molecule has 0 unspecified atom stereocenters. The molecule has 150 valence electrons. The summed E-state index contributed by atoms with van der Waals surface area (Å²) in [6, 6.07) is 16.4. The van der Waals surface area contributed by atoms with E-state index in [-0.39, 0.29) is 22.6 Å². The molecule has 3 rings (SSSR count). The van der Waals surface area contributed by atoms with Gasteiger partial charge < -0.3 is 4.74 Å². The molecular formula is C21H14FN3O5. The average Bonchev–Trinajstić information content (AvgIpc) is 2.74. The number of amides is 1. The number of carbonyl (C=O) groups excluding carboxylic acids is 2. The quantitative estimate of drug-likeness (QED) is 0.220. The van der Waals surface area contributed by atoms with E-state index in [1.807, 2.05) is 0 Å². The zero-order valence-corrected chi connectivity index (χ0v) is 15.3. The Balaban J connectivity index is 1.61. The number of benzene rings is 3. The number of esters is 1. The van der Waals surface area contributed by atoms with E-state index in [4.69, 9.17) is 4.74 Å². The number of nitrogens with zero attached hydrogens (tertiary/aromatic N) is 2. The number of nitrogens with one attached hydrogen (secondary N) is 1. The first-order chi connectivity index (χ1) is 14.4. The normalized spacial score (nSPS) is 10.6. The van der Waals surface area contributed by atoms with Crippen LogP contribution in [0, 0.1) is 15.9 Å². The molecule has 1 N–H and O–H groups in total. The second-order valence-corrected chi connectivity index (χ2v) is 5.97. The Morgan fingerprint density at radius 1 is 1.00 bits per heavy atom. The molecule has 0 saturated carbocycles. The monoisotopic (exact) mass is 407 g/mol. The molecule has 9 heteroatoms. The molecule has 1 amide bonds. The van der Waals surface area contributed by atoms with Crippen LogP contribution in [0.25, 0.3) is 0 Å². The Bertz CT molecular complexity index is 1110. The molecule has 0 aliphatic heterocycles. The van der Waals surface area contributed by atoms with E-state index < -0.39 is 22.6 Å². The van der Waals surface area contributed by atoms with E-state index in [0.29, 0.717) is 5.56 Å². The fourth-order valence-electron chi connectivity index (χ4n) is 2.37. The van der Waals surface area contributed by atoms with E-state index in [9.17, 15) is 24.1 Å². The first-order valence-corrected chi connectivity index (χ1v) is 8.58. The van der Waals surface area contributed by atoms with E-state index >= 15 is 0 Å². The number of nitro groups is 1. The summed E-state index contributed by atoms with van der Waals surface area (Å²) in [4.78, 5) is 34.2. The molecule has 8 nitrogen and oxygen atoms in total. The van der Waals surface area contributed by atoms with Crippen LogP contribution in [0.2, 0.25) is 0 Å². The van der Waals surface area contributed by atoms with Crippen LogP contribution in [0.4, 0.5) is 10.1 Å². The number of rotatable bonds is 6. The van der Waals surface area contributed by atoms with E-state index in [0.717, 1.165) is 0 Å². The van der Waals surface area contributed by atoms with Gasteiger partial charge in [-0.1, -0.05) is 12.1 Å². The lowest BCUT2D eigenvalue weighted by atomic mass is 10.2. The second-order valence-electron chi connectivity index (χ2n) is 5.97. The van der Waals surface area contributed by atoms with E-state index in [1.165, 1.54) is 60.8 Å². The largest absolute Gasteiger partial charge is 0.423 e. The van der Waals surface area contributed by atoms with E-state index in [2.05, 4.69) is 10.5 Å². The maximum absolute atomic E-state index is 12.9. The number of ether oxygens (including phenoxy) is 1. The lowest BCUT2D eigenvalue weighted by Gasteiger charge is -2.05. The van der Waals surface area contributed by atoms with Gasteiger partial charge in [-0.3, -0.25) is 14.9 Å². The smallest absolute Gasteiger partial charge is 0.343 e. The molecule has 0 spiro atoms. The Morgan fingerprint density at radius 3 is 2.33 bits per heavy atom. The van der Waals surface area contributed by atoms with Gasteiger partial charge in [0.1, 0.15) is 11.6 Å². The SMILES string of the molecule is O=C(N/N=C\c1cccc(OC(=O)c2ccc([N+](=O)[O-])cc2)c1)c1ccc(F)cc1. The standard InChI is InChI=1S/C21H14FN3O5/c22-17-8-4-15(5-9-17)20(26)24-23-13-14-2-1-3-19(12-14)30-21(27)16-6-10-18(11-7-16)25(28)29/h1-13H,(H,24,26)/b23-13-. The van der Waals surface area contributed by atoms with Crippen molar-refractivity contribution >= 4 is 23.8 Å². The van der Waals surface area contributed by atoms with Crippen LogP contribution in [0.5, 0.6) is 5.75 Å². The number of nitro benzene ring substituents is 1. The number of hydrazone groups is 1. The molecule has 0 radical (unpaired) electrons. The van der Waals surface area contributed by atoms with Crippen molar-refractivity contribution in [3.63, 3.8) is 0 Å². The first kappa shape index (κ1) is 20.3. The highest BCUT2D eigenvalue weighted by Crippen LogP contribution is 2.16. The highest BCUT2D eigenvalue weighted by atomic mass is 19.1. The number of non-ortho nitro benzene ring substituents is 1. The fraction of sp³-hybridized carbons (Fsp3) is 0. The molecule has 0 aliphatic rings. The summed E-state index contributed by atoms with van der Waals surface area (Å²) in [6.45, 7) is 0. The molecule has 0 aromatic heterocycles. The van der Waals surface area contributed by atoms with Gasteiger partial charge in [0, 0.05) is 17.7 Å². The Labute approximate surface area is 169 Å². The minimum absolute atomic E-state index is 0.132. The molecule has 0 atom stereocenters. The van der Waals surface area contributed by atoms with Gasteiger partial charge in [0.2, 0.25) is 0 Å². The lowest BCUT2D eigenvalue weighted by molar-refractivity contribution is -0.384. The third kappa shape index (κ3) is 5.32. The number of hydrogen-bond donors (Lipinski definition) is 1. The van der Waals surface area contributed by atoms with Crippen molar-refractivity contribution in [2.45, 2.75) is 0 Å². The number of hydrogen-bond acceptors (Lipinski definition) is 6. The maximum Gasteiger partial charge on any atom is 0.343 e. The van der Waals surface area contributed by atoms with Crippen LogP contribution in [0.1, 0.15) is 26.3 Å². The summed E-state index contributed by atoms with van der Waals surface area (Å²) in [5.74, 6) is -1.40.